The predicted octanol–water partition coefficient (Wildman–Crippen LogP) is 6.83. The van der Waals surface area contributed by atoms with Gasteiger partial charge in [-0.2, -0.15) is 0 Å². The van der Waals surface area contributed by atoms with Crippen LogP contribution in [0.4, 0.5) is 20.2 Å². The number of fused-ring (bicyclic) bond motifs is 1. The van der Waals surface area contributed by atoms with Crippen molar-refractivity contribution in [3.05, 3.63) is 95.5 Å². The van der Waals surface area contributed by atoms with Gasteiger partial charge >= 0.3 is 0 Å². The number of hydrogen-bond acceptors (Lipinski definition) is 4. The Labute approximate surface area is 246 Å². The number of nitrogens with one attached hydrogen (secondary N) is 2. The molecule has 2 heterocycles. The van der Waals surface area contributed by atoms with Crippen LogP contribution >= 0.6 is 11.6 Å². The molecule has 5 rings (SSSR count). The van der Waals surface area contributed by atoms with Gasteiger partial charge in [-0.25, -0.2) is 8.78 Å². The van der Waals surface area contributed by atoms with E-state index in [1.54, 1.807) is 66.2 Å². The molecule has 10 heteroatoms. The SMILES string of the molecule is C=C(C)Nc1cccc2c1c(C(C)=O)cn2CC(=O)N1C[C@H](F)C[C@H]1C(=O)Nc1cccc(-c2ccccc2Cl)c1F. The molecule has 3 aromatic carbocycles. The number of halogens is 3. The van der Waals surface area contributed by atoms with Crippen molar-refractivity contribution in [2.24, 2.45) is 0 Å². The third kappa shape index (κ3) is 5.65. The Morgan fingerprint density at radius 1 is 0.976 bits per heavy atom. The maximum atomic E-state index is 15.5. The Bertz CT molecular complexity index is 1730. The second-order valence-corrected chi connectivity index (χ2v) is 10.8. The number of Topliss-reactive ketones (excluding diaryl/α,β-unsaturated/α-hetero) is 1. The number of anilines is 2. The van der Waals surface area contributed by atoms with Gasteiger partial charge in [-0.15, -0.1) is 0 Å². The number of rotatable bonds is 8. The molecule has 1 fully saturated rings. The second-order valence-electron chi connectivity index (χ2n) is 10.4. The minimum absolute atomic E-state index is 0.104. The number of benzene rings is 3. The van der Waals surface area contributed by atoms with Gasteiger partial charge in [0, 0.05) is 51.1 Å². The molecule has 1 saturated heterocycles. The Balaban J connectivity index is 1.40. The molecule has 0 unspecified atom stereocenters. The van der Waals surface area contributed by atoms with Crippen molar-refractivity contribution in [3.63, 3.8) is 0 Å². The molecule has 2 amide bonds. The van der Waals surface area contributed by atoms with E-state index in [0.717, 1.165) is 0 Å². The Kier molecular flexibility index (Phi) is 8.13. The number of likely N-dealkylation sites (tertiary alicyclic amines) is 1. The number of hydrogen-bond donors (Lipinski definition) is 2. The lowest BCUT2D eigenvalue weighted by molar-refractivity contribution is -0.137. The average molecular weight is 591 g/mol. The number of nitrogens with zero attached hydrogens (tertiary/aromatic N) is 2. The topological polar surface area (TPSA) is 83.4 Å². The summed E-state index contributed by atoms with van der Waals surface area (Å²) in [6, 6.07) is 15.5. The first kappa shape index (κ1) is 29.0. The molecule has 0 bridgehead atoms. The van der Waals surface area contributed by atoms with Gasteiger partial charge in [0.1, 0.15) is 18.8 Å². The van der Waals surface area contributed by atoms with Crippen molar-refractivity contribution in [2.75, 3.05) is 17.2 Å². The van der Waals surface area contributed by atoms with E-state index in [0.29, 0.717) is 38.4 Å². The number of carbonyl (C=O) groups excluding carboxylic acids is 3. The maximum absolute atomic E-state index is 15.5. The highest BCUT2D eigenvalue weighted by molar-refractivity contribution is 6.33. The molecule has 0 aliphatic carbocycles. The van der Waals surface area contributed by atoms with Gasteiger partial charge < -0.3 is 20.1 Å². The van der Waals surface area contributed by atoms with Crippen LogP contribution in [-0.2, 0) is 16.1 Å². The highest BCUT2D eigenvalue weighted by atomic mass is 35.5. The highest BCUT2D eigenvalue weighted by Gasteiger charge is 2.40. The summed E-state index contributed by atoms with van der Waals surface area (Å²) < 4.78 is 31.7. The summed E-state index contributed by atoms with van der Waals surface area (Å²) in [4.78, 5) is 40.5. The summed E-state index contributed by atoms with van der Waals surface area (Å²) in [6.07, 6.45) is -0.0619. The molecule has 1 aliphatic rings. The number of allylic oxidation sites excluding steroid dienone is 1. The molecule has 4 aromatic rings. The van der Waals surface area contributed by atoms with Gasteiger partial charge in [-0.3, -0.25) is 14.4 Å². The van der Waals surface area contributed by atoms with Crippen LogP contribution in [0.15, 0.2) is 79.1 Å². The molecular weight excluding hydrogens is 562 g/mol. The first-order valence-electron chi connectivity index (χ1n) is 13.4. The minimum Gasteiger partial charge on any atom is -0.359 e. The Hall–Kier alpha value is -4.50. The highest BCUT2D eigenvalue weighted by Crippen LogP contribution is 2.34. The number of alkyl halides is 1. The van der Waals surface area contributed by atoms with Gasteiger partial charge in [0.25, 0.3) is 0 Å². The fourth-order valence-corrected chi connectivity index (χ4v) is 5.60. The number of carbonyl (C=O) groups is 3. The van der Waals surface area contributed by atoms with Crippen LogP contribution < -0.4 is 10.6 Å². The maximum Gasteiger partial charge on any atom is 0.247 e. The molecule has 0 radical (unpaired) electrons. The van der Waals surface area contributed by atoms with Gasteiger partial charge in [0.2, 0.25) is 11.8 Å². The van der Waals surface area contributed by atoms with E-state index in [-0.39, 0.29) is 36.5 Å². The molecule has 7 nitrogen and oxygen atoms in total. The number of ketones is 1. The zero-order valence-electron chi connectivity index (χ0n) is 23.1. The molecule has 1 aliphatic heterocycles. The van der Waals surface area contributed by atoms with E-state index in [9.17, 15) is 18.8 Å². The first-order chi connectivity index (χ1) is 20.0. The number of aromatic nitrogens is 1. The van der Waals surface area contributed by atoms with Crippen molar-refractivity contribution < 1.29 is 23.2 Å². The largest absolute Gasteiger partial charge is 0.359 e. The zero-order valence-corrected chi connectivity index (χ0v) is 23.8. The monoisotopic (exact) mass is 590 g/mol. The van der Waals surface area contributed by atoms with Crippen LogP contribution in [-0.4, -0.2) is 45.8 Å². The summed E-state index contributed by atoms with van der Waals surface area (Å²) >= 11 is 6.25. The van der Waals surface area contributed by atoms with Crippen LogP contribution in [0.3, 0.4) is 0 Å². The van der Waals surface area contributed by atoms with E-state index in [4.69, 9.17) is 11.6 Å². The van der Waals surface area contributed by atoms with E-state index in [1.165, 1.54) is 17.9 Å². The van der Waals surface area contributed by atoms with Gasteiger partial charge in [-0.05, 0) is 38.1 Å². The van der Waals surface area contributed by atoms with E-state index < -0.39 is 29.8 Å². The van der Waals surface area contributed by atoms with Crippen LogP contribution in [0, 0.1) is 5.82 Å². The van der Waals surface area contributed by atoms with E-state index in [2.05, 4.69) is 17.2 Å². The molecule has 0 spiro atoms. The molecule has 216 valence electrons. The molecule has 2 N–H and O–H groups in total. The molecule has 42 heavy (non-hydrogen) atoms. The lowest BCUT2D eigenvalue weighted by atomic mass is 10.0. The standard InChI is InChI=1S/C32H29ClF2N4O3/c1-18(2)36-25-11-7-13-27-30(25)23(19(3)40)16-38(27)17-29(41)39-15-20(34)14-28(39)32(42)37-26-12-6-9-22(31(26)35)21-8-4-5-10-24(21)33/h4-13,16,20,28,36H,1,14-15,17H2,2-3H3,(H,37,42)/t20-,28+/m1/s1. The predicted molar refractivity (Wildman–Crippen MR) is 161 cm³/mol. The summed E-state index contributed by atoms with van der Waals surface area (Å²) in [7, 11) is 0. The van der Waals surface area contributed by atoms with Crippen LogP contribution in [0.2, 0.25) is 5.02 Å². The normalized spacial score (nSPS) is 16.5. The third-order valence-electron chi connectivity index (χ3n) is 7.23. The molecule has 0 saturated carbocycles. The van der Waals surface area contributed by atoms with Crippen LogP contribution in [0.5, 0.6) is 0 Å². The fraction of sp³-hybridized carbons (Fsp3) is 0.219. The van der Waals surface area contributed by atoms with Crippen molar-refractivity contribution >= 4 is 51.5 Å². The van der Waals surface area contributed by atoms with Crippen molar-refractivity contribution in [1.82, 2.24) is 9.47 Å². The zero-order chi connectivity index (χ0) is 30.1. The Morgan fingerprint density at radius 3 is 2.38 bits per heavy atom. The van der Waals surface area contributed by atoms with Gasteiger partial charge in [-0.1, -0.05) is 54.6 Å². The van der Waals surface area contributed by atoms with Crippen LogP contribution in [0.25, 0.3) is 22.0 Å². The van der Waals surface area contributed by atoms with E-state index >= 15 is 4.39 Å². The quantitative estimate of drug-likeness (QED) is 0.220. The Morgan fingerprint density at radius 2 is 1.67 bits per heavy atom. The van der Waals surface area contributed by atoms with Crippen LogP contribution in [0.1, 0.15) is 30.6 Å². The van der Waals surface area contributed by atoms with Crippen molar-refractivity contribution in [2.45, 2.75) is 39.0 Å². The molecule has 1 aromatic heterocycles. The van der Waals surface area contributed by atoms with Crippen molar-refractivity contribution in [1.29, 1.82) is 0 Å². The summed E-state index contributed by atoms with van der Waals surface area (Å²) in [6.45, 7) is 6.58. The lowest BCUT2D eigenvalue weighted by Gasteiger charge is -2.24. The second kappa shape index (κ2) is 11.8. The fourth-order valence-electron chi connectivity index (χ4n) is 5.36. The van der Waals surface area contributed by atoms with Crippen molar-refractivity contribution in [3.8, 4) is 11.1 Å². The first-order valence-corrected chi connectivity index (χ1v) is 13.8. The summed E-state index contributed by atoms with van der Waals surface area (Å²) in [5, 5.41) is 6.66. The summed E-state index contributed by atoms with van der Waals surface area (Å²) in [5.74, 6) is -2.09. The third-order valence-corrected chi connectivity index (χ3v) is 7.56. The number of amides is 2. The average Bonchev–Trinajstić information content (AvgIpc) is 3.52. The van der Waals surface area contributed by atoms with Gasteiger partial charge in [0.15, 0.2) is 11.6 Å². The molecular formula is C32H29ClF2N4O3. The molecule has 2 atom stereocenters. The van der Waals surface area contributed by atoms with E-state index in [1.807, 2.05) is 6.07 Å². The minimum atomic E-state index is -1.43. The smallest absolute Gasteiger partial charge is 0.247 e. The summed E-state index contributed by atoms with van der Waals surface area (Å²) in [5.41, 5.74) is 2.92. The van der Waals surface area contributed by atoms with Gasteiger partial charge in [0.05, 0.1) is 17.7 Å². The lowest BCUT2D eigenvalue weighted by Crippen LogP contribution is -2.44.